The van der Waals surface area contributed by atoms with E-state index in [1.54, 1.807) is 0 Å². The van der Waals surface area contributed by atoms with Crippen molar-refractivity contribution in [2.45, 2.75) is 19.4 Å². The lowest BCUT2D eigenvalue weighted by atomic mass is 9.78. The summed E-state index contributed by atoms with van der Waals surface area (Å²) in [4.78, 5) is 6.72. The molecule has 10 heteroatoms. The number of hydrazone groups is 1. The highest BCUT2D eigenvalue weighted by Gasteiger charge is 2.50. The highest BCUT2D eigenvalue weighted by Crippen LogP contribution is 2.45. The topological polar surface area (TPSA) is 75.4 Å². The lowest BCUT2D eigenvalue weighted by molar-refractivity contribution is 0.170. The number of aromatic nitrogens is 3. The predicted molar refractivity (Wildman–Crippen MR) is 146 cm³/mol. The van der Waals surface area contributed by atoms with Crippen molar-refractivity contribution >= 4 is 44.3 Å². The lowest BCUT2D eigenvalue weighted by Crippen LogP contribution is -2.60. The van der Waals surface area contributed by atoms with E-state index in [1.165, 1.54) is 23.7 Å². The van der Waals surface area contributed by atoms with Crippen LogP contribution in [-0.4, -0.2) is 53.5 Å². The van der Waals surface area contributed by atoms with Gasteiger partial charge in [-0.15, -0.1) is 0 Å². The Bertz CT molecular complexity index is 1600. The van der Waals surface area contributed by atoms with Crippen molar-refractivity contribution in [1.82, 2.24) is 24.3 Å². The van der Waals surface area contributed by atoms with E-state index in [9.17, 15) is 8.60 Å². The van der Waals surface area contributed by atoms with Crippen molar-refractivity contribution in [2.24, 2.45) is 10.5 Å². The average Bonchev–Trinajstić information content (AvgIpc) is 3.53. The number of nitrogens with one attached hydrogen (secondary N) is 1. The van der Waals surface area contributed by atoms with E-state index in [0.717, 1.165) is 57.0 Å². The molecule has 1 N–H and O–H groups in total. The first kappa shape index (κ1) is 22.8. The zero-order valence-corrected chi connectivity index (χ0v) is 21.9. The summed E-state index contributed by atoms with van der Waals surface area (Å²) in [5.74, 6) is 2.07. The minimum atomic E-state index is -0.775. The van der Waals surface area contributed by atoms with E-state index in [0.29, 0.717) is 18.1 Å². The SMILES string of the molecule is Cc1cn(-c2ccc(/C=C3\CC4(CN5C3=NNCC5c3ccc(F)cc3)CS(=O)C4)c3cnsc23)cn1. The minimum absolute atomic E-state index is 0.0254. The molecule has 0 aliphatic carbocycles. The summed E-state index contributed by atoms with van der Waals surface area (Å²) in [5, 5.41) is 5.84. The van der Waals surface area contributed by atoms with Crippen molar-refractivity contribution < 1.29 is 8.60 Å². The van der Waals surface area contributed by atoms with Crippen LogP contribution >= 0.6 is 11.5 Å². The lowest BCUT2D eigenvalue weighted by Gasteiger charge is -2.53. The van der Waals surface area contributed by atoms with Crippen LogP contribution in [0.5, 0.6) is 0 Å². The summed E-state index contributed by atoms with van der Waals surface area (Å²) in [6.45, 7) is 3.42. The summed E-state index contributed by atoms with van der Waals surface area (Å²) in [6.07, 6.45) is 8.83. The maximum Gasteiger partial charge on any atom is 0.152 e. The standard InChI is InChI=1S/C27H25FN6OS2/c1-17-12-33(16-29-17)23-7-4-19(22-10-31-36-25(22)23)8-20-9-27(14-37(35)15-27)13-34-24(11-30-32-26(20)34)18-2-5-21(28)6-3-18/h2-8,10,12,16,24,30H,9,11,13-15H2,1H3/b20-8+. The molecule has 7 rings (SSSR count). The first-order chi connectivity index (χ1) is 18.0. The van der Waals surface area contributed by atoms with Crippen LogP contribution in [0.25, 0.3) is 21.8 Å². The fourth-order valence-corrected chi connectivity index (χ4v) is 8.30. The maximum absolute atomic E-state index is 13.7. The van der Waals surface area contributed by atoms with Crippen molar-refractivity contribution in [3.63, 3.8) is 0 Å². The van der Waals surface area contributed by atoms with Gasteiger partial charge >= 0.3 is 0 Å². The van der Waals surface area contributed by atoms with Crippen LogP contribution in [0.2, 0.25) is 0 Å². The summed E-state index contributed by atoms with van der Waals surface area (Å²) in [6, 6.07) is 11.0. The van der Waals surface area contributed by atoms with Crippen LogP contribution in [-0.2, 0) is 10.8 Å². The summed E-state index contributed by atoms with van der Waals surface area (Å²) in [5.41, 5.74) is 8.48. The van der Waals surface area contributed by atoms with Gasteiger partial charge in [0.1, 0.15) is 5.82 Å². The van der Waals surface area contributed by atoms with Gasteiger partial charge in [0.25, 0.3) is 0 Å². The van der Waals surface area contributed by atoms with Gasteiger partial charge in [0, 0.05) is 52.0 Å². The fraction of sp³-hybridized carbons (Fsp3) is 0.296. The molecule has 1 spiro atoms. The van der Waals surface area contributed by atoms with E-state index in [1.807, 2.05) is 42.3 Å². The third-order valence-electron chi connectivity index (χ3n) is 7.52. The maximum atomic E-state index is 13.7. The molecule has 3 aliphatic heterocycles. The van der Waals surface area contributed by atoms with Crippen LogP contribution in [0, 0.1) is 18.2 Å². The van der Waals surface area contributed by atoms with E-state index < -0.39 is 10.8 Å². The number of hydrogen-bond donors (Lipinski definition) is 1. The van der Waals surface area contributed by atoms with Gasteiger partial charge in [-0.05, 0) is 65.9 Å². The molecular formula is C27H25FN6OS2. The zero-order valence-electron chi connectivity index (χ0n) is 20.2. The molecule has 0 saturated carbocycles. The normalized spacial score (nSPS) is 26.2. The van der Waals surface area contributed by atoms with Gasteiger partial charge < -0.3 is 14.9 Å². The Balaban J connectivity index is 1.31. The van der Waals surface area contributed by atoms with Gasteiger partial charge in [0.15, 0.2) is 5.84 Å². The highest BCUT2D eigenvalue weighted by atomic mass is 32.2. The molecule has 1 unspecified atom stereocenters. The van der Waals surface area contributed by atoms with E-state index in [2.05, 4.69) is 37.9 Å². The smallest absolute Gasteiger partial charge is 0.152 e. The first-order valence-electron chi connectivity index (χ1n) is 12.2. The Labute approximate surface area is 220 Å². The summed E-state index contributed by atoms with van der Waals surface area (Å²) < 4.78 is 33.6. The predicted octanol–water partition coefficient (Wildman–Crippen LogP) is 4.43. The number of piperidine rings is 1. The Kier molecular flexibility index (Phi) is 5.30. The van der Waals surface area contributed by atoms with Crippen LogP contribution < -0.4 is 5.43 Å². The molecule has 0 radical (unpaired) electrons. The zero-order chi connectivity index (χ0) is 25.1. The molecule has 5 heterocycles. The number of hydrogen-bond acceptors (Lipinski definition) is 7. The molecule has 3 aliphatic rings. The van der Waals surface area contributed by atoms with Crippen LogP contribution in [0.1, 0.15) is 29.3 Å². The fourth-order valence-electron chi connectivity index (χ4n) is 5.84. The van der Waals surface area contributed by atoms with Crippen molar-refractivity contribution in [1.29, 1.82) is 0 Å². The van der Waals surface area contributed by atoms with Crippen molar-refractivity contribution in [2.75, 3.05) is 24.6 Å². The molecule has 2 aromatic heterocycles. The third kappa shape index (κ3) is 3.90. The van der Waals surface area contributed by atoms with E-state index in [-0.39, 0.29) is 17.3 Å². The highest BCUT2D eigenvalue weighted by molar-refractivity contribution is 7.86. The summed E-state index contributed by atoms with van der Waals surface area (Å²) >= 11 is 1.48. The van der Waals surface area contributed by atoms with E-state index >= 15 is 0 Å². The molecule has 37 heavy (non-hydrogen) atoms. The largest absolute Gasteiger partial charge is 0.345 e. The van der Waals surface area contributed by atoms with Gasteiger partial charge in [-0.1, -0.05) is 18.2 Å². The molecule has 2 saturated heterocycles. The second kappa shape index (κ2) is 8.59. The molecule has 0 amide bonds. The molecule has 0 bridgehead atoms. The van der Waals surface area contributed by atoms with Gasteiger partial charge in [-0.2, -0.15) is 9.47 Å². The van der Waals surface area contributed by atoms with Gasteiger partial charge in [0.05, 0.1) is 35.0 Å². The molecule has 1 atom stereocenters. The molecule has 4 aromatic rings. The Morgan fingerprint density at radius 1 is 1.22 bits per heavy atom. The number of amidine groups is 1. The number of nitrogens with zero attached hydrogens (tertiary/aromatic N) is 5. The van der Waals surface area contributed by atoms with Crippen LogP contribution in [0.15, 0.2) is 65.8 Å². The number of rotatable bonds is 3. The number of halogens is 1. The number of fused-ring (bicyclic) bond motifs is 2. The third-order valence-corrected chi connectivity index (χ3v) is 10.2. The average molecular weight is 533 g/mol. The first-order valence-corrected chi connectivity index (χ1v) is 14.5. The molecule has 2 aromatic carbocycles. The molecular weight excluding hydrogens is 507 g/mol. The van der Waals surface area contributed by atoms with Crippen molar-refractivity contribution in [3.8, 4) is 5.69 Å². The van der Waals surface area contributed by atoms with Crippen LogP contribution in [0.4, 0.5) is 4.39 Å². The Morgan fingerprint density at radius 3 is 2.81 bits per heavy atom. The molecule has 2 fully saturated rings. The van der Waals surface area contributed by atoms with Crippen molar-refractivity contribution in [3.05, 3.63) is 83.3 Å². The summed E-state index contributed by atoms with van der Waals surface area (Å²) in [7, 11) is -0.775. The minimum Gasteiger partial charge on any atom is -0.345 e. The Morgan fingerprint density at radius 2 is 2.05 bits per heavy atom. The van der Waals surface area contributed by atoms with Gasteiger partial charge in [-0.3, -0.25) is 4.21 Å². The molecule has 188 valence electrons. The van der Waals surface area contributed by atoms with E-state index in [4.69, 9.17) is 5.10 Å². The monoisotopic (exact) mass is 532 g/mol. The van der Waals surface area contributed by atoms with Gasteiger partial charge in [0.2, 0.25) is 0 Å². The van der Waals surface area contributed by atoms with Gasteiger partial charge in [-0.25, -0.2) is 9.37 Å². The molecule has 7 nitrogen and oxygen atoms in total. The quantitative estimate of drug-likeness (QED) is 0.423. The second-order valence-corrected chi connectivity index (χ2v) is 12.5. The number of aryl methyl sites for hydroxylation is 1. The number of imidazole rings is 1. The van der Waals surface area contributed by atoms with Crippen LogP contribution in [0.3, 0.4) is 0 Å². The second-order valence-electron chi connectivity index (χ2n) is 10.2. The number of benzene rings is 2. The Hall–Kier alpha value is -3.37.